The first kappa shape index (κ1) is 12.7. The highest BCUT2D eigenvalue weighted by Crippen LogP contribution is 2.11. The summed E-state index contributed by atoms with van der Waals surface area (Å²) in [6.45, 7) is 5.25. The van der Waals surface area contributed by atoms with E-state index in [1.165, 1.54) is 13.3 Å². The van der Waals surface area contributed by atoms with Crippen molar-refractivity contribution in [2.24, 2.45) is 0 Å². The predicted molar refractivity (Wildman–Crippen MR) is 60.8 cm³/mol. The van der Waals surface area contributed by atoms with Gasteiger partial charge in [-0.3, -0.25) is 4.79 Å². The lowest BCUT2D eigenvalue weighted by Gasteiger charge is -2.25. The number of hydrogen-bond acceptors (Lipinski definition) is 4. The summed E-state index contributed by atoms with van der Waals surface area (Å²) >= 11 is 0. The number of nitrogens with zero attached hydrogens (tertiary/aromatic N) is 1. The van der Waals surface area contributed by atoms with Crippen molar-refractivity contribution < 1.29 is 14.3 Å². The van der Waals surface area contributed by atoms with Crippen molar-refractivity contribution in [1.29, 1.82) is 0 Å². The molecule has 0 N–H and O–H groups in total. The van der Waals surface area contributed by atoms with E-state index in [0.29, 0.717) is 6.61 Å². The van der Waals surface area contributed by atoms with Crippen LogP contribution in [0, 0.1) is 0 Å². The second-order valence-electron chi connectivity index (χ2n) is 3.92. The Morgan fingerprint density at radius 3 is 2.38 bits per heavy atom. The number of rotatable bonds is 4. The summed E-state index contributed by atoms with van der Waals surface area (Å²) in [6.07, 6.45) is 5.10. The van der Waals surface area contributed by atoms with E-state index in [9.17, 15) is 9.59 Å². The van der Waals surface area contributed by atoms with E-state index in [1.807, 2.05) is 4.90 Å². The summed E-state index contributed by atoms with van der Waals surface area (Å²) in [5.74, 6) is -0.746. The zero-order valence-electron chi connectivity index (χ0n) is 9.99. The molecule has 16 heavy (non-hydrogen) atoms. The first-order valence-electron chi connectivity index (χ1n) is 5.79. The van der Waals surface area contributed by atoms with E-state index < -0.39 is 5.97 Å². The Labute approximate surface area is 96.3 Å². The lowest BCUT2D eigenvalue weighted by atomic mass is 10.1. The minimum absolute atomic E-state index is 0.156. The maximum absolute atomic E-state index is 11.5. The molecule has 0 spiro atoms. The van der Waals surface area contributed by atoms with Gasteiger partial charge in [0.1, 0.15) is 5.57 Å². The van der Waals surface area contributed by atoms with E-state index in [2.05, 4.69) is 0 Å². The Morgan fingerprint density at radius 2 is 1.88 bits per heavy atom. The fourth-order valence-corrected chi connectivity index (χ4v) is 1.73. The van der Waals surface area contributed by atoms with Gasteiger partial charge in [-0.2, -0.15) is 0 Å². The molecule has 0 aromatic carbocycles. The van der Waals surface area contributed by atoms with E-state index in [0.717, 1.165) is 25.9 Å². The highest BCUT2D eigenvalue weighted by molar-refractivity contribution is 6.16. The Bertz CT molecular complexity index is 291. The van der Waals surface area contributed by atoms with Crippen molar-refractivity contribution in [3.8, 4) is 0 Å². The number of piperidine rings is 1. The van der Waals surface area contributed by atoms with Crippen LogP contribution in [0.2, 0.25) is 0 Å². The number of carbonyl (C=O) groups is 2. The molecule has 1 heterocycles. The standard InChI is InChI=1S/C12H19NO3/c1-3-16-12(15)11(10(2)14)9-13-7-5-4-6-8-13/h9H,3-8H2,1-2H3. The van der Waals surface area contributed by atoms with Gasteiger partial charge in [0, 0.05) is 19.3 Å². The van der Waals surface area contributed by atoms with Crippen LogP contribution in [0.15, 0.2) is 11.8 Å². The SMILES string of the molecule is CCOC(=O)C(=CN1CCCCC1)C(C)=O. The molecular formula is C12H19NO3. The van der Waals surface area contributed by atoms with Gasteiger partial charge in [-0.25, -0.2) is 4.79 Å². The first-order chi connectivity index (χ1) is 7.65. The molecule has 90 valence electrons. The van der Waals surface area contributed by atoms with Crippen LogP contribution in [0.5, 0.6) is 0 Å². The second kappa shape index (κ2) is 6.30. The van der Waals surface area contributed by atoms with Gasteiger partial charge < -0.3 is 9.64 Å². The topological polar surface area (TPSA) is 46.6 Å². The van der Waals surface area contributed by atoms with Crippen molar-refractivity contribution in [3.63, 3.8) is 0 Å². The summed E-state index contributed by atoms with van der Waals surface area (Å²) < 4.78 is 4.85. The van der Waals surface area contributed by atoms with Gasteiger partial charge in [-0.15, -0.1) is 0 Å². The van der Waals surface area contributed by atoms with Crippen molar-refractivity contribution in [1.82, 2.24) is 4.90 Å². The van der Waals surface area contributed by atoms with Crippen LogP contribution in [0.3, 0.4) is 0 Å². The van der Waals surface area contributed by atoms with Crippen LogP contribution in [-0.4, -0.2) is 36.3 Å². The number of carbonyl (C=O) groups excluding carboxylic acids is 2. The summed E-state index contributed by atoms with van der Waals surface area (Å²) in [6, 6.07) is 0. The smallest absolute Gasteiger partial charge is 0.343 e. The fraction of sp³-hybridized carbons (Fsp3) is 0.667. The average Bonchev–Trinajstić information content (AvgIpc) is 2.27. The summed E-state index contributed by atoms with van der Waals surface area (Å²) in [7, 11) is 0. The number of esters is 1. The van der Waals surface area contributed by atoms with Gasteiger partial charge in [-0.05, 0) is 33.1 Å². The van der Waals surface area contributed by atoms with Crippen LogP contribution in [0.1, 0.15) is 33.1 Å². The molecule has 1 fully saturated rings. The number of ketones is 1. The first-order valence-corrected chi connectivity index (χ1v) is 5.79. The molecule has 1 aliphatic heterocycles. The number of hydrogen-bond donors (Lipinski definition) is 0. The molecule has 0 atom stereocenters. The van der Waals surface area contributed by atoms with E-state index in [4.69, 9.17) is 4.74 Å². The zero-order chi connectivity index (χ0) is 12.0. The molecule has 1 saturated heterocycles. The molecule has 0 aliphatic carbocycles. The minimum atomic E-state index is -0.513. The van der Waals surface area contributed by atoms with Crippen molar-refractivity contribution in [2.45, 2.75) is 33.1 Å². The molecular weight excluding hydrogens is 206 g/mol. The minimum Gasteiger partial charge on any atom is -0.462 e. The summed E-state index contributed by atoms with van der Waals surface area (Å²) in [5.41, 5.74) is 0.156. The lowest BCUT2D eigenvalue weighted by Crippen LogP contribution is -2.27. The molecule has 0 aromatic heterocycles. The number of Topliss-reactive ketones (excluding diaryl/α,β-unsaturated/α-hetero) is 1. The molecule has 0 unspecified atom stereocenters. The summed E-state index contributed by atoms with van der Waals surface area (Å²) in [4.78, 5) is 24.9. The molecule has 0 amide bonds. The molecule has 4 nitrogen and oxygen atoms in total. The molecule has 0 aromatic rings. The Morgan fingerprint density at radius 1 is 1.25 bits per heavy atom. The molecule has 0 bridgehead atoms. The molecule has 4 heteroatoms. The Kier molecular flexibility index (Phi) is 5.02. The molecule has 1 aliphatic rings. The maximum Gasteiger partial charge on any atom is 0.343 e. The largest absolute Gasteiger partial charge is 0.462 e. The molecule has 0 radical (unpaired) electrons. The van der Waals surface area contributed by atoms with Gasteiger partial charge in [0.25, 0.3) is 0 Å². The number of ether oxygens (including phenoxy) is 1. The van der Waals surface area contributed by atoms with Gasteiger partial charge in [0.2, 0.25) is 0 Å². The van der Waals surface area contributed by atoms with Crippen LogP contribution >= 0.6 is 0 Å². The zero-order valence-corrected chi connectivity index (χ0v) is 9.99. The van der Waals surface area contributed by atoms with Gasteiger partial charge in [0.15, 0.2) is 5.78 Å². The highest BCUT2D eigenvalue weighted by Gasteiger charge is 2.18. The van der Waals surface area contributed by atoms with Crippen molar-refractivity contribution >= 4 is 11.8 Å². The van der Waals surface area contributed by atoms with Gasteiger partial charge in [0.05, 0.1) is 6.61 Å². The second-order valence-corrected chi connectivity index (χ2v) is 3.92. The fourth-order valence-electron chi connectivity index (χ4n) is 1.73. The predicted octanol–water partition coefficient (Wildman–Crippen LogP) is 1.51. The third kappa shape index (κ3) is 3.68. The highest BCUT2D eigenvalue weighted by atomic mass is 16.5. The van der Waals surface area contributed by atoms with Crippen LogP contribution in [0.25, 0.3) is 0 Å². The maximum atomic E-state index is 11.5. The van der Waals surface area contributed by atoms with Gasteiger partial charge in [-0.1, -0.05) is 0 Å². The van der Waals surface area contributed by atoms with Crippen molar-refractivity contribution in [3.05, 3.63) is 11.8 Å². The Balaban J connectivity index is 2.71. The van der Waals surface area contributed by atoms with E-state index in [-0.39, 0.29) is 11.4 Å². The normalized spacial score (nSPS) is 17.1. The van der Waals surface area contributed by atoms with Crippen LogP contribution < -0.4 is 0 Å². The molecule has 1 rings (SSSR count). The van der Waals surface area contributed by atoms with E-state index >= 15 is 0 Å². The van der Waals surface area contributed by atoms with Gasteiger partial charge >= 0.3 is 5.97 Å². The average molecular weight is 225 g/mol. The lowest BCUT2D eigenvalue weighted by molar-refractivity contribution is -0.139. The third-order valence-electron chi connectivity index (χ3n) is 2.58. The Hall–Kier alpha value is -1.32. The quantitative estimate of drug-likeness (QED) is 0.315. The number of likely N-dealkylation sites (tertiary alicyclic amines) is 1. The van der Waals surface area contributed by atoms with E-state index in [1.54, 1.807) is 13.1 Å². The third-order valence-corrected chi connectivity index (χ3v) is 2.58. The van der Waals surface area contributed by atoms with Crippen LogP contribution in [0.4, 0.5) is 0 Å². The van der Waals surface area contributed by atoms with Crippen molar-refractivity contribution in [2.75, 3.05) is 19.7 Å². The monoisotopic (exact) mass is 225 g/mol. The molecule has 0 saturated carbocycles. The van der Waals surface area contributed by atoms with Crippen LogP contribution in [-0.2, 0) is 14.3 Å². The summed E-state index contributed by atoms with van der Waals surface area (Å²) in [5, 5.41) is 0.